The van der Waals surface area contributed by atoms with E-state index in [-0.39, 0.29) is 10.0 Å². The molecule has 1 aromatic heterocycles. The molecule has 7 heteroatoms. The molecule has 2 aliphatic rings. The molecule has 2 aliphatic heterocycles. The summed E-state index contributed by atoms with van der Waals surface area (Å²) >= 11 is 5.92. The number of sulfonamides is 1. The monoisotopic (exact) mass is 315 g/mol. The lowest BCUT2D eigenvalue weighted by molar-refractivity contribution is 0.251. The third-order valence-corrected chi connectivity index (χ3v) is 6.44. The van der Waals surface area contributed by atoms with Crippen molar-refractivity contribution in [3.8, 4) is 0 Å². The first-order chi connectivity index (χ1) is 9.59. The Bertz CT molecular complexity index is 587. The minimum Gasteiger partial charge on any atom is -0.299 e. The predicted octanol–water partition coefficient (Wildman–Crippen LogP) is 1.59. The van der Waals surface area contributed by atoms with Gasteiger partial charge in [-0.3, -0.25) is 4.90 Å². The Morgan fingerprint density at radius 1 is 1.25 bits per heavy atom. The molecule has 1 unspecified atom stereocenters. The fourth-order valence-electron chi connectivity index (χ4n) is 3.04. The number of pyridine rings is 1. The summed E-state index contributed by atoms with van der Waals surface area (Å²) in [4.78, 5) is 6.38. The van der Waals surface area contributed by atoms with Crippen LogP contribution in [0.1, 0.15) is 19.3 Å². The number of likely N-dealkylation sites (tertiary alicyclic amines) is 1. The van der Waals surface area contributed by atoms with Crippen LogP contribution in [0.5, 0.6) is 0 Å². The molecule has 0 aromatic carbocycles. The molecule has 1 atom stereocenters. The lowest BCUT2D eigenvalue weighted by atomic mass is 10.2. The number of halogens is 1. The van der Waals surface area contributed by atoms with E-state index >= 15 is 0 Å². The van der Waals surface area contributed by atoms with E-state index in [0.717, 1.165) is 19.5 Å². The van der Waals surface area contributed by atoms with Gasteiger partial charge in [-0.25, -0.2) is 13.4 Å². The van der Waals surface area contributed by atoms with E-state index < -0.39 is 10.0 Å². The Balaban J connectivity index is 1.78. The van der Waals surface area contributed by atoms with Crippen LogP contribution in [0.25, 0.3) is 0 Å². The maximum Gasteiger partial charge on any atom is 0.246 e. The summed E-state index contributed by atoms with van der Waals surface area (Å²) in [6, 6.07) is 3.48. The van der Waals surface area contributed by atoms with Crippen molar-refractivity contribution in [1.29, 1.82) is 0 Å². The molecule has 1 aromatic rings. The molecular formula is C13H18ClN3O2S. The summed E-state index contributed by atoms with van der Waals surface area (Å²) in [5.74, 6) is 0. The summed E-state index contributed by atoms with van der Waals surface area (Å²) in [6.45, 7) is 3.31. The van der Waals surface area contributed by atoms with Gasteiger partial charge in [0.1, 0.15) is 10.0 Å². The molecule has 3 rings (SSSR count). The fourth-order valence-corrected chi connectivity index (χ4v) is 4.96. The molecular weight excluding hydrogens is 298 g/mol. The molecule has 0 amide bonds. The standard InChI is InChI=1S/C13H18ClN3O2S/c14-13-12(4-3-6-15-13)20(18,19)17-9-5-11(10-17)16-7-1-2-8-16/h3-4,6,11H,1-2,5,7-10H2. The van der Waals surface area contributed by atoms with E-state index in [0.29, 0.717) is 19.1 Å². The molecule has 0 spiro atoms. The van der Waals surface area contributed by atoms with Crippen LogP contribution in [0.2, 0.25) is 5.15 Å². The molecule has 110 valence electrons. The van der Waals surface area contributed by atoms with Crippen molar-refractivity contribution in [1.82, 2.24) is 14.2 Å². The van der Waals surface area contributed by atoms with Crippen molar-refractivity contribution in [3.63, 3.8) is 0 Å². The molecule has 0 saturated carbocycles. The third-order valence-electron chi connectivity index (χ3n) is 4.13. The quantitative estimate of drug-likeness (QED) is 0.795. The van der Waals surface area contributed by atoms with Crippen molar-refractivity contribution in [2.45, 2.75) is 30.2 Å². The van der Waals surface area contributed by atoms with Crippen LogP contribution in [-0.2, 0) is 10.0 Å². The molecule has 20 heavy (non-hydrogen) atoms. The minimum absolute atomic E-state index is 0.0529. The molecule has 0 radical (unpaired) electrons. The van der Waals surface area contributed by atoms with Gasteiger partial charge in [0.05, 0.1) is 0 Å². The fraction of sp³-hybridized carbons (Fsp3) is 0.615. The first kappa shape index (κ1) is 14.3. The second-order valence-corrected chi connectivity index (χ2v) is 7.61. The van der Waals surface area contributed by atoms with Gasteiger partial charge in [-0.05, 0) is 44.5 Å². The van der Waals surface area contributed by atoms with Crippen LogP contribution in [0.4, 0.5) is 0 Å². The lowest BCUT2D eigenvalue weighted by Gasteiger charge is -2.23. The summed E-state index contributed by atoms with van der Waals surface area (Å²) in [5.41, 5.74) is 0. The van der Waals surface area contributed by atoms with Crippen molar-refractivity contribution >= 4 is 21.6 Å². The SMILES string of the molecule is O=S(=O)(c1cccnc1Cl)N1CCC(N2CCCC2)C1. The van der Waals surface area contributed by atoms with Gasteiger partial charge in [0.15, 0.2) is 0 Å². The van der Waals surface area contributed by atoms with Crippen LogP contribution in [0.15, 0.2) is 23.2 Å². The zero-order chi connectivity index (χ0) is 14.2. The summed E-state index contributed by atoms with van der Waals surface area (Å²) in [5, 5.41) is 0.0529. The molecule has 2 fully saturated rings. The predicted molar refractivity (Wildman–Crippen MR) is 77.2 cm³/mol. The van der Waals surface area contributed by atoms with E-state index in [9.17, 15) is 8.42 Å². The second kappa shape index (κ2) is 5.60. The van der Waals surface area contributed by atoms with Crippen LogP contribution < -0.4 is 0 Å². The summed E-state index contributed by atoms with van der Waals surface area (Å²) in [6.07, 6.45) is 4.84. The van der Waals surface area contributed by atoms with Gasteiger partial charge in [-0.1, -0.05) is 11.6 Å². The Morgan fingerprint density at radius 3 is 2.70 bits per heavy atom. The smallest absolute Gasteiger partial charge is 0.246 e. The average molecular weight is 316 g/mol. The first-order valence-corrected chi connectivity index (χ1v) is 8.75. The topological polar surface area (TPSA) is 53.5 Å². The van der Waals surface area contributed by atoms with E-state index in [4.69, 9.17) is 11.6 Å². The summed E-state index contributed by atoms with van der Waals surface area (Å²) < 4.78 is 26.7. The number of aromatic nitrogens is 1. The van der Waals surface area contributed by atoms with Crippen molar-refractivity contribution < 1.29 is 8.42 Å². The molecule has 0 bridgehead atoms. The van der Waals surface area contributed by atoms with Gasteiger partial charge < -0.3 is 0 Å². The molecule has 2 saturated heterocycles. The summed E-state index contributed by atoms with van der Waals surface area (Å²) in [7, 11) is -3.52. The zero-order valence-corrected chi connectivity index (χ0v) is 12.8. The Labute approximate surface area is 124 Å². The van der Waals surface area contributed by atoms with Gasteiger partial charge in [0, 0.05) is 25.3 Å². The van der Waals surface area contributed by atoms with Crippen molar-refractivity contribution in [2.24, 2.45) is 0 Å². The highest BCUT2D eigenvalue weighted by Gasteiger charge is 2.36. The Hall–Kier alpha value is -0.690. The molecule has 0 aliphatic carbocycles. The maximum atomic E-state index is 12.6. The van der Waals surface area contributed by atoms with Gasteiger partial charge in [0.2, 0.25) is 10.0 Å². The normalized spacial score (nSPS) is 25.4. The highest BCUT2D eigenvalue weighted by molar-refractivity contribution is 7.89. The highest BCUT2D eigenvalue weighted by Crippen LogP contribution is 2.28. The molecule has 0 N–H and O–H groups in total. The van der Waals surface area contributed by atoms with Crippen LogP contribution >= 0.6 is 11.6 Å². The zero-order valence-electron chi connectivity index (χ0n) is 11.2. The van der Waals surface area contributed by atoms with E-state index in [1.54, 1.807) is 10.4 Å². The first-order valence-electron chi connectivity index (χ1n) is 6.94. The second-order valence-electron chi connectivity index (χ2n) is 5.34. The van der Waals surface area contributed by atoms with Gasteiger partial charge in [-0.2, -0.15) is 4.31 Å². The third kappa shape index (κ3) is 2.57. The number of hydrogen-bond acceptors (Lipinski definition) is 4. The van der Waals surface area contributed by atoms with Gasteiger partial charge in [0.25, 0.3) is 0 Å². The van der Waals surface area contributed by atoms with Gasteiger partial charge >= 0.3 is 0 Å². The van der Waals surface area contributed by atoms with E-state index in [1.807, 2.05) is 0 Å². The van der Waals surface area contributed by atoms with Crippen LogP contribution in [-0.4, -0.2) is 54.8 Å². The highest BCUT2D eigenvalue weighted by atomic mass is 35.5. The van der Waals surface area contributed by atoms with E-state index in [1.165, 1.54) is 25.1 Å². The largest absolute Gasteiger partial charge is 0.299 e. The minimum atomic E-state index is -3.52. The number of nitrogens with zero attached hydrogens (tertiary/aromatic N) is 3. The van der Waals surface area contributed by atoms with Gasteiger partial charge in [-0.15, -0.1) is 0 Å². The lowest BCUT2D eigenvalue weighted by Crippen LogP contribution is -2.37. The Morgan fingerprint density at radius 2 is 2.00 bits per heavy atom. The number of rotatable bonds is 3. The molecule has 3 heterocycles. The maximum absolute atomic E-state index is 12.6. The van der Waals surface area contributed by atoms with E-state index in [2.05, 4.69) is 9.88 Å². The van der Waals surface area contributed by atoms with Crippen LogP contribution in [0.3, 0.4) is 0 Å². The average Bonchev–Trinajstić information content (AvgIpc) is 3.10. The van der Waals surface area contributed by atoms with Crippen molar-refractivity contribution in [2.75, 3.05) is 26.2 Å². The number of hydrogen-bond donors (Lipinski definition) is 0. The molecule has 5 nitrogen and oxygen atoms in total. The Kier molecular flexibility index (Phi) is 3.99. The van der Waals surface area contributed by atoms with Crippen LogP contribution in [0, 0.1) is 0 Å². The van der Waals surface area contributed by atoms with Crippen molar-refractivity contribution in [3.05, 3.63) is 23.5 Å².